The maximum absolute atomic E-state index is 6.07. The maximum atomic E-state index is 6.07. The Labute approximate surface area is 134 Å². The summed E-state index contributed by atoms with van der Waals surface area (Å²) in [5.74, 6) is 2.16. The quantitative estimate of drug-likeness (QED) is 0.516. The highest BCUT2D eigenvalue weighted by Gasteiger charge is 2.19. The predicted octanol–water partition coefficient (Wildman–Crippen LogP) is 5.27. The van der Waals surface area contributed by atoms with Gasteiger partial charge in [-0.3, -0.25) is 0 Å². The molecule has 0 bridgehead atoms. The molecule has 1 heterocycles. The van der Waals surface area contributed by atoms with E-state index in [0.717, 1.165) is 33.1 Å². The van der Waals surface area contributed by atoms with Crippen molar-refractivity contribution in [2.24, 2.45) is 0 Å². The van der Waals surface area contributed by atoms with Crippen LogP contribution in [0.3, 0.4) is 0 Å². The fraction of sp³-hybridized carbons (Fsp3) is 0.100. The average Bonchev–Trinajstić information content (AvgIpc) is 3.03. The van der Waals surface area contributed by atoms with Crippen LogP contribution in [-0.4, -0.2) is 14.2 Å². The Balaban J connectivity index is 2.11. The molecule has 0 spiro atoms. The third kappa shape index (κ3) is 2.13. The van der Waals surface area contributed by atoms with Gasteiger partial charge >= 0.3 is 0 Å². The highest BCUT2D eigenvalue weighted by Crippen LogP contribution is 2.45. The summed E-state index contributed by atoms with van der Waals surface area (Å²) in [5, 5.41) is 3.22. The topological polar surface area (TPSA) is 31.6 Å². The lowest BCUT2D eigenvalue weighted by molar-refractivity contribution is 0.356. The van der Waals surface area contributed by atoms with Crippen molar-refractivity contribution in [1.82, 2.24) is 0 Å². The summed E-state index contributed by atoms with van der Waals surface area (Å²) in [6.07, 6.45) is 0. The zero-order valence-electron chi connectivity index (χ0n) is 13.0. The minimum Gasteiger partial charge on any atom is -0.493 e. The van der Waals surface area contributed by atoms with Crippen LogP contribution in [0.4, 0.5) is 0 Å². The van der Waals surface area contributed by atoms with Crippen LogP contribution in [0, 0.1) is 0 Å². The second kappa shape index (κ2) is 5.36. The SMILES string of the molecule is COc1cc2ccccc2c(-c2cc3ccccc3o2)c1OC. The van der Waals surface area contributed by atoms with Crippen LogP contribution in [0.1, 0.15) is 0 Å². The molecule has 0 fully saturated rings. The summed E-state index contributed by atoms with van der Waals surface area (Å²) in [4.78, 5) is 0. The number of benzene rings is 3. The van der Waals surface area contributed by atoms with E-state index in [0.29, 0.717) is 11.5 Å². The molecule has 0 saturated carbocycles. The molecule has 0 aliphatic rings. The van der Waals surface area contributed by atoms with Crippen molar-refractivity contribution in [2.75, 3.05) is 14.2 Å². The Kier molecular flexibility index (Phi) is 3.19. The zero-order chi connectivity index (χ0) is 15.8. The van der Waals surface area contributed by atoms with E-state index >= 15 is 0 Å². The molecule has 3 aromatic carbocycles. The molecule has 114 valence electrons. The molecular weight excluding hydrogens is 288 g/mol. The van der Waals surface area contributed by atoms with Gasteiger partial charge in [0.15, 0.2) is 11.5 Å². The first-order valence-corrected chi connectivity index (χ1v) is 7.44. The molecule has 23 heavy (non-hydrogen) atoms. The van der Waals surface area contributed by atoms with Crippen molar-refractivity contribution in [3.05, 3.63) is 60.7 Å². The van der Waals surface area contributed by atoms with Gasteiger partial charge in [-0.15, -0.1) is 0 Å². The molecule has 3 heteroatoms. The molecule has 0 unspecified atom stereocenters. The first kappa shape index (κ1) is 13.7. The van der Waals surface area contributed by atoms with Crippen molar-refractivity contribution >= 4 is 21.7 Å². The second-order valence-corrected chi connectivity index (χ2v) is 5.36. The molecule has 4 rings (SSSR count). The van der Waals surface area contributed by atoms with Gasteiger partial charge in [-0.1, -0.05) is 42.5 Å². The van der Waals surface area contributed by atoms with Crippen LogP contribution >= 0.6 is 0 Å². The molecule has 0 aliphatic carbocycles. The Morgan fingerprint density at radius 2 is 1.52 bits per heavy atom. The number of ether oxygens (including phenoxy) is 2. The first-order valence-electron chi connectivity index (χ1n) is 7.44. The van der Waals surface area contributed by atoms with Crippen molar-refractivity contribution < 1.29 is 13.9 Å². The van der Waals surface area contributed by atoms with Crippen molar-refractivity contribution in [3.8, 4) is 22.8 Å². The van der Waals surface area contributed by atoms with E-state index in [9.17, 15) is 0 Å². The number of hydrogen-bond acceptors (Lipinski definition) is 3. The van der Waals surface area contributed by atoms with Gasteiger partial charge in [0.25, 0.3) is 0 Å². The van der Waals surface area contributed by atoms with Gasteiger partial charge in [0, 0.05) is 5.39 Å². The molecule has 0 radical (unpaired) electrons. The van der Waals surface area contributed by atoms with Gasteiger partial charge in [-0.25, -0.2) is 0 Å². The van der Waals surface area contributed by atoms with E-state index in [-0.39, 0.29) is 0 Å². The highest BCUT2D eigenvalue weighted by molar-refractivity contribution is 6.02. The van der Waals surface area contributed by atoms with E-state index in [1.807, 2.05) is 48.5 Å². The number of para-hydroxylation sites is 1. The van der Waals surface area contributed by atoms with Crippen LogP contribution < -0.4 is 9.47 Å². The Morgan fingerprint density at radius 3 is 2.26 bits per heavy atom. The van der Waals surface area contributed by atoms with Crippen LogP contribution in [-0.2, 0) is 0 Å². The third-order valence-electron chi connectivity index (χ3n) is 4.06. The molecule has 0 saturated heterocycles. The normalized spacial score (nSPS) is 11.0. The minimum atomic E-state index is 0.685. The fourth-order valence-electron chi connectivity index (χ4n) is 3.01. The molecular formula is C20H16O3. The van der Waals surface area contributed by atoms with Crippen LogP contribution in [0.25, 0.3) is 33.1 Å². The number of hydrogen-bond donors (Lipinski definition) is 0. The van der Waals surface area contributed by atoms with Crippen LogP contribution in [0.5, 0.6) is 11.5 Å². The van der Waals surface area contributed by atoms with Gasteiger partial charge in [-0.05, 0) is 29.0 Å². The lowest BCUT2D eigenvalue weighted by Crippen LogP contribution is -1.94. The molecule has 0 N–H and O–H groups in total. The van der Waals surface area contributed by atoms with E-state index in [2.05, 4.69) is 12.1 Å². The minimum absolute atomic E-state index is 0.685. The summed E-state index contributed by atoms with van der Waals surface area (Å²) in [6.45, 7) is 0. The standard InChI is InChI=1S/C20H16O3/c1-21-18-11-13-7-3-5-9-15(13)19(20(18)22-2)17-12-14-8-4-6-10-16(14)23-17/h3-12H,1-2H3. The van der Waals surface area contributed by atoms with Gasteiger partial charge in [0.1, 0.15) is 11.3 Å². The lowest BCUT2D eigenvalue weighted by atomic mass is 10.0. The number of methoxy groups -OCH3 is 2. The average molecular weight is 304 g/mol. The molecule has 4 aromatic rings. The fourth-order valence-corrected chi connectivity index (χ4v) is 3.01. The summed E-state index contributed by atoms with van der Waals surface area (Å²) in [5.41, 5.74) is 1.77. The largest absolute Gasteiger partial charge is 0.493 e. The summed E-state index contributed by atoms with van der Waals surface area (Å²) >= 11 is 0. The van der Waals surface area contributed by atoms with Crippen molar-refractivity contribution in [3.63, 3.8) is 0 Å². The highest BCUT2D eigenvalue weighted by atomic mass is 16.5. The molecule has 0 aliphatic heterocycles. The number of rotatable bonds is 3. The number of furan rings is 1. The van der Waals surface area contributed by atoms with Gasteiger partial charge in [-0.2, -0.15) is 0 Å². The molecule has 0 amide bonds. The van der Waals surface area contributed by atoms with E-state index in [1.165, 1.54) is 0 Å². The Hall–Kier alpha value is -2.94. The molecule has 3 nitrogen and oxygen atoms in total. The molecule has 1 aromatic heterocycles. The lowest BCUT2D eigenvalue weighted by Gasteiger charge is -2.14. The van der Waals surface area contributed by atoms with Crippen LogP contribution in [0.2, 0.25) is 0 Å². The van der Waals surface area contributed by atoms with E-state index < -0.39 is 0 Å². The number of fused-ring (bicyclic) bond motifs is 2. The first-order chi connectivity index (χ1) is 11.3. The Morgan fingerprint density at radius 1 is 0.783 bits per heavy atom. The molecule has 0 atom stereocenters. The third-order valence-corrected chi connectivity index (χ3v) is 4.06. The monoisotopic (exact) mass is 304 g/mol. The van der Waals surface area contributed by atoms with E-state index in [1.54, 1.807) is 14.2 Å². The van der Waals surface area contributed by atoms with Gasteiger partial charge in [0.2, 0.25) is 0 Å². The summed E-state index contributed by atoms with van der Waals surface area (Å²) in [7, 11) is 3.30. The van der Waals surface area contributed by atoms with Gasteiger partial charge in [0.05, 0.1) is 19.8 Å². The summed E-state index contributed by atoms with van der Waals surface area (Å²) < 4.78 is 17.2. The predicted molar refractivity (Wildman–Crippen MR) is 92.3 cm³/mol. The maximum Gasteiger partial charge on any atom is 0.172 e. The zero-order valence-corrected chi connectivity index (χ0v) is 13.0. The van der Waals surface area contributed by atoms with Crippen molar-refractivity contribution in [1.29, 1.82) is 0 Å². The van der Waals surface area contributed by atoms with Crippen LogP contribution in [0.15, 0.2) is 65.1 Å². The van der Waals surface area contributed by atoms with Crippen molar-refractivity contribution in [2.45, 2.75) is 0 Å². The van der Waals surface area contributed by atoms with E-state index in [4.69, 9.17) is 13.9 Å². The second-order valence-electron chi connectivity index (χ2n) is 5.36. The van der Waals surface area contributed by atoms with Gasteiger partial charge < -0.3 is 13.9 Å². The summed E-state index contributed by atoms with van der Waals surface area (Å²) in [6, 6.07) is 20.2. The Bertz CT molecular complexity index is 965. The smallest absolute Gasteiger partial charge is 0.172 e.